The van der Waals surface area contributed by atoms with Gasteiger partial charge in [0.1, 0.15) is 0 Å². The van der Waals surface area contributed by atoms with E-state index in [1.165, 1.54) is 31.8 Å². The molecule has 0 N–H and O–H groups in total. The molecule has 2 aliphatic rings. The maximum Gasteiger partial charge on any atom is 0.331 e. The molecule has 2 atom stereocenters. The van der Waals surface area contributed by atoms with Crippen molar-refractivity contribution in [2.24, 2.45) is 5.92 Å². The number of esters is 1. The smallest absolute Gasteiger partial charge is 0.331 e. The van der Waals surface area contributed by atoms with Crippen molar-refractivity contribution in [3.8, 4) is 11.5 Å². The molecule has 0 bridgehead atoms. The van der Waals surface area contributed by atoms with E-state index in [4.69, 9.17) is 14.2 Å². The van der Waals surface area contributed by atoms with Crippen LogP contribution in [0.1, 0.15) is 44.1 Å². The summed E-state index contributed by atoms with van der Waals surface area (Å²) in [6.45, 7) is 0.581. The molecule has 1 aromatic rings. The summed E-state index contributed by atoms with van der Waals surface area (Å²) in [6.07, 6.45) is 9.94. The first kappa shape index (κ1) is 20.2. The maximum absolute atomic E-state index is 12.6. The van der Waals surface area contributed by atoms with Crippen molar-refractivity contribution in [1.82, 2.24) is 4.90 Å². The van der Waals surface area contributed by atoms with Gasteiger partial charge in [-0.3, -0.25) is 4.79 Å². The van der Waals surface area contributed by atoms with Gasteiger partial charge in [-0.15, -0.1) is 0 Å². The molecule has 1 aliphatic heterocycles. The third-order valence-electron chi connectivity index (χ3n) is 5.72. The van der Waals surface area contributed by atoms with Crippen LogP contribution in [0, 0.1) is 5.92 Å². The minimum Gasteiger partial charge on any atom is -0.493 e. The van der Waals surface area contributed by atoms with Crippen molar-refractivity contribution in [2.75, 3.05) is 27.4 Å². The summed E-state index contributed by atoms with van der Waals surface area (Å²) in [5, 5.41) is 0. The number of rotatable bonds is 6. The lowest BCUT2D eigenvalue weighted by Crippen LogP contribution is -2.50. The number of benzene rings is 1. The molecule has 0 spiro atoms. The number of hydrogen-bond acceptors (Lipinski definition) is 5. The highest BCUT2D eigenvalue weighted by Gasteiger charge is 2.35. The first-order chi connectivity index (χ1) is 13.6. The molecule has 1 heterocycles. The Morgan fingerprint density at radius 1 is 1.07 bits per heavy atom. The highest BCUT2D eigenvalue weighted by atomic mass is 16.5. The maximum atomic E-state index is 12.6. The zero-order valence-corrected chi connectivity index (χ0v) is 16.7. The molecule has 0 aromatic heterocycles. The van der Waals surface area contributed by atoms with Gasteiger partial charge in [-0.25, -0.2) is 4.79 Å². The predicted octanol–water partition coefficient (Wildman–Crippen LogP) is 3.44. The minimum atomic E-state index is -0.527. The van der Waals surface area contributed by atoms with Crippen LogP contribution in [0.15, 0.2) is 24.3 Å². The molecule has 6 nitrogen and oxygen atoms in total. The molecule has 1 aliphatic carbocycles. The van der Waals surface area contributed by atoms with Crippen LogP contribution in [-0.2, 0) is 14.3 Å². The van der Waals surface area contributed by atoms with Gasteiger partial charge in [-0.2, -0.15) is 0 Å². The van der Waals surface area contributed by atoms with E-state index in [1.54, 1.807) is 32.4 Å². The Hall–Kier alpha value is -2.50. The lowest BCUT2D eigenvalue weighted by molar-refractivity contribution is -0.151. The fourth-order valence-corrected chi connectivity index (χ4v) is 4.32. The summed E-state index contributed by atoms with van der Waals surface area (Å²) < 4.78 is 15.6. The molecule has 1 saturated heterocycles. The van der Waals surface area contributed by atoms with Crippen LogP contribution in [0.4, 0.5) is 0 Å². The van der Waals surface area contributed by atoms with Crippen LogP contribution in [0.2, 0.25) is 0 Å². The molecule has 0 radical (unpaired) electrons. The SMILES string of the molecule is COc1ccc(/C=C/C(=O)OCC(=O)N2CCC[C@@H]3CCCC[C@H]32)cc1OC. The Kier molecular flexibility index (Phi) is 6.95. The third kappa shape index (κ3) is 4.86. The van der Waals surface area contributed by atoms with Crippen LogP contribution in [-0.4, -0.2) is 50.2 Å². The van der Waals surface area contributed by atoms with Gasteiger partial charge in [0, 0.05) is 18.7 Å². The van der Waals surface area contributed by atoms with Gasteiger partial charge in [0.05, 0.1) is 14.2 Å². The normalized spacial score (nSPS) is 21.9. The zero-order chi connectivity index (χ0) is 19.9. The molecule has 1 aromatic carbocycles. The second-order valence-corrected chi connectivity index (χ2v) is 7.40. The van der Waals surface area contributed by atoms with Crippen molar-refractivity contribution < 1.29 is 23.8 Å². The number of methoxy groups -OCH3 is 2. The van der Waals surface area contributed by atoms with Crippen molar-refractivity contribution in [3.05, 3.63) is 29.8 Å². The van der Waals surface area contributed by atoms with E-state index < -0.39 is 5.97 Å². The topological polar surface area (TPSA) is 65.1 Å². The molecule has 1 saturated carbocycles. The summed E-state index contributed by atoms with van der Waals surface area (Å²) in [5.74, 6) is 1.22. The van der Waals surface area contributed by atoms with Gasteiger partial charge in [-0.05, 0) is 55.4 Å². The van der Waals surface area contributed by atoms with Crippen LogP contribution in [0.5, 0.6) is 11.5 Å². The molecule has 152 valence electrons. The zero-order valence-electron chi connectivity index (χ0n) is 16.7. The largest absolute Gasteiger partial charge is 0.493 e. The fraction of sp³-hybridized carbons (Fsp3) is 0.545. The monoisotopic (exact) mass is 387 g/mol. The van der Waals surface area contributed by atoms with E-state index in [0.29, 0.717) is 23.5 Å². The molecule has 0 unspecified atom stereocenters. The molecule has 2 fully saturated rings. The lowest BCUT2D eigenvalue weighted by atomic mass is 9.78. The van der Waals surface area contributed by atoms with Crippen LogP contribution in [0.3, 0.4) is 0 Å². The first-order valence-electron chi connectivity index (χ1n) is 9.98. The van der Waals surface area contributed by atoms with Crippen LogP contribution in [0.25, 0.3) is 6.08 Å². The van der Waals surface area contributed by atoms with E-state index >= 15 is 0 Å². The number of likely N-dealkylation sites (tertiary alicyclic amines) is 1. The van der Waals surface area contributed by atoms with Gasteiger partial charge < -0.3 is 19.1 Å². The second-order valence-electron chi connectivity index (χ2n) is 7.40. The Morgan fingerprint density at radius 2 is 1.82 bits per heavy atom. The van der Waals surface area contributed by atoms with Crippen molar-refractivity contribution >= 4 is 18.0 Å². The van der Waals surface area contributed by atoms with Gasteiger partial charge in [-0.1, -0.05) is 18.9 Å². The lowest BCUT2D eigenvalue weighted by Gasteiger charge is -2.44. The number of carbonyl (C=O) groups excluding carboxylic acids is 2. The third-order valence-corrected chi connectivity index (χ3v) is 5.72. The van der Waals surface area contributed by atoms with Gasteiger partial charge in [0.2, 0.25) is 0 Å². The van der Waals surface area contributed by atoms with Gasteiger partial charge in [0.25, 0.3) is 5.91 Å². The molecular formula is C22H29NO5. The van der Waals surface area contributed by atoms with Gasteiger partial charge in [0.15, 0.2) is 18.1 Å². The summed E-state index contributed by atoms with van der Waals surface area (Å²) in [5.41, 5.74) is 0.780. The van der Waals surface area contributed by atoms with E-state index in [1.807, 2.05) is 11.0 Å². The summed E-state index contributed by atoms with van der Waals surface area (Å²) in [7, 11) is 3.13. The van der Waals surface area contributed by atoms with Gasteiger partial charge >= 0.3 is 5.97 Å². The minimum absolute atomic E-state index is 0.0792. The molecule has 6 heteroatoms. The van der Waals surface area contributed by atoms with E-state index in [0.717, 1.165) is 24.9 Å². The highest BCUT2D eigenvalue weighted by Crippen LogP contribution is 2.35. The summed E-state index contributed by atoms with van der Waals surface area (Å²) in [6, 6.07) is 5.68. The average Bonchev–Trinajstić information content (AvgIpc) is 2.75. The number of ether oxygens (including phenoxy) is 3. The number of nitrogens with zero attached hydrogens (tertiary/aromatic N) is 1. The van der Waals surface area contributed by atoms with Crippen molar-refractivity contribution in [3.63, 3.8) is 0 Å². The number of amides is 1. The Labute approximate surface area is 166 Å². The van der Waals surface area contributed by atoms with E-state index in [-0.39, 0.29) is 12.5 Å². The number of carbonyl (C=O) groups is 2. The standard InChI is InChI=1S/C22H29NO5/c1-26-19-11-9-16(14-20(19)27-2)10-12-22(25)28-15-21(24)23-13-5-7-17-6-3-4-8-18(17)23/h9-12,14,17-18H,3-8,13,15H2,1-2H3/b12-10+/t17-,18+/m0/s1. The number of fused-ring (bicyclic) bond motifs is 1. The first-order valence-corrected chi connectivity index (χ1v) is 9.98. The Balaban J connectivity index is 1.52. The van der Waals surface area contributed by atoms with Crippen molar-refractivity contribution in [2.45, 2.75) is 44.6 Å². The summed E-state index contributed by atoms with van der Waals surface area (Å²) in [4.78, 5) is 26.6. The second kappa shape index (κ2) is 9.62. The molecule has 28 heavy (non-hydrogen) atoms. The van der Waals surface area contributed by atoms with Crippen molar-refractivity contribution in [1.29, 1.82) is 0 Å². The van der Waals surface area contributed by atoms with E-state index in [9.17, 15) is 9.59 Å². The molecule has 3 rings (SSSR count). The van der Waals surface area contributed by atoms with Crippen LogP contribution < -0.4 is 9.47 Å². The van der Waals surface area contributed by atoms with E-state index in [2.05, 4.69) is 0 Å². The summed E-state index contributed by atoms with van der Waals surface area (Å²) >= 11 is 0. The fourth-order valence-electron chi connectivity index (χ4n) is 4.32. The number of piperidine rings is 1. The Morgan fingerprint density at radius 3 is 2.61 bits per heavy atom. The Bertz CT molecular complexity index is 728. The van der Waals surface area contributed by atoms with Crippen LogP contribution >= 0.6 is 0 Å². The average molecular weight is 387 g/mol. The highest BCUT2D eigenvalue weighted by molar-refractivity contribution is 5.89. The predicted molar refractivity (Wildman–Crippen MR) is 106 cm³/mol. The number of hydrogen-bond donors (Lipinski definition) is 0. The molecular weight excluding hydrogens is 358 g/mol. The molecule has 1 amide bonds. The quantitative estimate of drug-likeness (QED) is 0.553.